The number of rotatable bonds is 5. The Morgan fingerprint density at radius 3 is 2.59 bits per heavy atom. The van der Waals surface area contributed by atoms with Crippen LogP contribution >= 0.6 is 0 Å². The highest BCUT2D eigenvalue weighted by Gasteiger charge is 2.09. The van der Waals surface area contributed by atoms with Crippen LogP contribution in [0.1, 0.15) is 29.4 Å². The monoisotopic (exact) mass is 227 g/mol. The van der Waals surface area contributed by atoms with Crippen molar-refractivity contribution in [2.45, 2.75) is 26.3 Å². The molecular weight excluding hydrogens is 210 g/mol. The van der Waals surface area contributed by atoms with Crippen LogP contribution in [0.15, 0.2) is 48.7 Å². The molecule has 0 N–H and O–H groups in total. The summed E-state index contributed by atoms with van der Waals surface area (Å²) in [5, 5.41) is 0. The molecule has 2 nitrogen and oxygen atoms in total. The first kappa shape index (κ1) is 11.6. The topological polar surface area (TPSA) is 22.0 Å². The van der Waals surface area contributed by atoms with Crippen LogP contribution in [0.3, 0.4) is 0 Å². The van der Waals surface area contributed by atoms with Gasteiger partial charge in [0.15, 0.2) is 5.78 Å². The molecule has 0 saturated carbocycles. The van der Waals surface area contributed by atoms with E-state index in [2.05, 4.69) is 12.1 Å². The summed E-state index contributed by atoms with van der Waals surface area (Å²) in [6.07, 6.45) is 3.35. The molecular formula is C15H17NO. The lowest BCUT2D eigenvalue weighted by Gasteiger charge is -2.05. The second-order valence-corrected chi connectivity index (χ2v) is 4.09. The lowest BCUT2D eigenvalue weighted by molar-refractivity contribution is 0.0974. The molecule has 0 radical (unpaired) electrons. The number of hydrogen-bond acceptors (Lipinski definition) is 1. The summed E-state index contributed by atoms with van der Waals surface area (Å²) in [4.78, 5) is 12.0. The third kappa shape index (κ3) is 2.84. The zero-order valence-electron chi connectivity index (χ0n) is 10.1. The Bertz CT molecular complexity index is 485. The summed E-state index contributed by atoms with van der Waals surface area (Å²) >= 11 is 0. The standard InChI is InChI=1S/C15H17NO/c1-2-16-12-6-9-14(16)15(17)11-10-13-7-4-3-5-8-13/h3-9,12H,2,10-11H2,1H3. The second kappa shape index (κ2) is 5.48. The first-order valence-corrected chi connectivity index (χ1v) is 6.03. The normalized spacial score (nSPS) is 10.4. The van der Waals surface area contributed by atoms with Crippen molar-refractivity contribution in [3.05, 3.63) is 59.9 Å². The van der Waals surface area contributed by atoms with Gasteiger partial charge in [-0.3, -0.25) is 4.79 Å². The Morgan fingerprint density at radius 2 is 1.88 bits per heavy atom. The van der Waals surface area contributed by atoms with Crippen molar-refractivity contribution in [2.75, 3.05) is 0 Å². The van der Waals surface area contributed by atoms with Crippen molar-refractivity contribution in [1.29, 1.82) is 0 Å². The third-order valence-electron chi connectivity index (χ3n) is 2.94. The maximum absolute atomic E-state index is 12.0. The molecule has 0 atom stereocenters. The molecule has 1 heterocycles. The average molecular weight is 227 g/mol. The van der Waals surface area contributed by atoms with Gasteiger partial charge in [0.1, 0.15) is 0 Å². The zero-order chi connectivity index (χ0) is 12.1. The molecule has 17 heavy (non-hydrogen) atoms. The first-order chi connectivity index (χ1) is 8.31. The molecule has 0 saturated heterocycles. The molecule has 0 amide bonds. The minimum Gasteiger partial charge on any atom is -0.345 e. The van der Waals surface area contributed by atoms with Crippen LogP contribution in [-0.4, -0.2) is 10.4 Å². The Kier molecular flexibility index (Phi) is 3.76. The summed E-state index contributed by atoms with van der Waals surface area (Å²) < 4.78 is 1.99. The molecule has 0 unspecified atom stereocenters. The number of Topliss-reactive ketones (excluding diaryl/α,β-unsaturated/α-hetero) is 1. The number of ketones is 1. The smallest absolute Gasteiger partial charge is 0.179 e. The van der Waals surface area contributed by atoms with Crippen LogP contribution in [0.2, 0.25) is 0 Å². The van der Waals surface area contributed by atoms with E-state index in [9.17, 15) is 4.79 Å². The van der Waals surface area contributed by atoms with Crippen LogP contribution in [0.25, 0.3) is 0 Å². The molecule has 1 aromatic heterocycles. The van der Waals surface area contributed by atoms with Gasteiger partial charge in [-0.15, -0.1) is 0 Å². The van der Waals surface area contributed by atoms with Crippen molar-refractivity contribution in [2.24, 2.45) is 0 Å². The highest BCUT2D eigenvalue weighted by atomic mass is 16.1. The van der Waals surface area contributed by atoms with E-state index in [1.807, 2.05) is 48.0 Å². The molecule has 0 aliphatic rings. The minimum atomic E-state index is 0.223. The van der Waals surface area contributed by atoms with E-state index >= 15 is 0 Å². The van der Waals surface area contributed by atoms with E-state index in [0.717, 1.165) is 18.7 Å². The van der Waals surface area contributed by atoms with Crippen molar-refractivity contribution >= 4 is 5.78 Å². The number of carbonyl (C=O) groups excluding carboxylic acids is 1. The lowest BCUT2D eigenvalue weighted by Crippen LogP contribution is -2.08. The maximum atomic E-state index is 12.0. The van der Waals surface area contributed by atoms with Crippen molar-refractivity contribution in [1.82, 2.24) is 4.57 Å². The molecule has 1 aromatic carbocycles. The van der Waals surface area contributed by atoms with Crippen LogP contribution in [0, 0.1) is 0 Å². The number of benzene rings is 1. The van der Waals surface area contributed by atoms with Crippen molar-refractivity contribution in [3.63, 3.8) is 0 Å². The van der Waals surface area contributed by atoms with Gasteiger partial charge in [0.05, 0.1) is 5.69 Å². The first-order valence-electron chi connectivity index (χ1n) is 6.03. The van der Waals surface area contributed by atoms with Crippen molar-refractivity contribution in [3.8, 4) is 0 Å². The van der Waals surface area contributed by atoms with Gasteiger partial charge in [-0.1, -0.05) is 30.3 Å². The van der Waals surface area contributed by atoms with Gasteiger partial charge in [0.2, 0.25) is 0 Å². The molecule has 2 heteroatoms. The summed E-state index contributed by atoms with van der Waals surface area (Å²) in [7, 11) is 0. The maximum Gasteiger partial charge on any atom is 0.179 e. The summed E-state index contributed by atoms with van der Waals surface area (Å²) in [5.41, 5.74) is 2.04. The summed E-state index contributed by atoms with van der Waals surface area (Å²) in [6.45, 7) is 2.90. The van der Waals surface area contributed by atoms with E-state index in [-0.39, 0.29) is 5.78 Å². The number of aromatic nitrogens is 1. The molecule has 0 bridgehead atoms. The van der Waals surface area contributed by atoms with Gasteiger partial charge < -0.3 is 4.57 Å². The minimum absolute atomic E-state index is 0.223. The van der Waals surface area contributed by atoms with Gasteiger partial charge >= 0.3 is 0 Å². The quantitative estimate of drug-likeness (QED) is 0.718. The molecule has 0 aliphatic heterocycles. The van der Waals surface area contributed by atoms with Crippen LogP contribution in [-0.2, 0) is 13.0 Å². The van der Waals surface area contributed by atoms with Crippen molar-refractivity contribution < 1.29 is 4.79 Å². The molecule has 88 valence electrons. The van der Waals surface area contributed by atoms with Gasteiger partial charge in [-0.05, 0) is 31.0 Å². The van der Waals surface area contributed by atoms with Gasteiger partial charge in [0.25, 0.3) is 0 Å². The molecule has 0 fully saturated rings. The number of aryl methyl sites for hydroxylation is 2. The molecule has 0 spiro atoms. The number of nitrogens with zero attached hydrogens (tertiary/aromatic N) is 1. The summed E-state index contributed by atoms with van der Waals surface area (Å²) in [5.74, 6) is 0.223. The van der Waals surface area contributed by atoms with Crippen LogP contribution in [0.4, 0.5) is 0 Å². The highest BCUT2D eigenvalue weighted by molar-refractivity contribution is 5.94. The van der Waals surface area contributed by atoms with E-state index in [0.29, 0.717) is 6.42 Å². The Hall–Kier alpha value is -1.83. The largest absolute Gasteiger partial charge is 0.345 e. The fourth-order valence-corrected chi connectivity index (χ4v) is 1.97. The third-order valence-corrected chi connectivity index (χ3v) is 2.94. The SMILES string of the molecule is CCn1cccc1C(=O)CCc1ccccc1. The lowest BCUT2D eigenvalue weighted by atomic mass is 10.1. The highest BCUT2D eigenvalue weighted by Crippen LogP contribution is 2.09. The fourth-order valence-electron chi connectivity index (χ4n) is 1.97. The van der Waals surface area contributed by atoms with E-state index in [1.54, 1.807) is 0 Å². The number of hydrogen-bond donors (Lipinski definition) is 0. The van der Waals surface area contributed by atoms with Gasteiger partial charge in [-0.2, -0.15) is 0 Å². The van der Waals surface area contributed by atoms with E-state index < -0.39 is 0 Å². The van der Waals surface area contributed by atoms with E-state index in [4.69, 9.17) is 0 Å². The van der Waals surface area contributed by atoms with E-state index in [1.165, 1.54) is 5.56 Å². The molecule has 2 aromatic rings. The van der Waals surface area contributed by atoms with Crippen LogP contribution < -0.4 is 0 Å². The summed E-state index contributed by atoms with van der Waals surface area (Å²) in [6, 6.07) is 14.0. The van der Waals surface area contributed by atoms with Gasteiger partial charge in [0, 0.05) is 19.2 Å². The number of carbonyl (C=O) groups is 1. The zero-order valence-corrected chi connectivity index (χ0v) is 10.1. The fraction of sp³-hybridized carbons (Fsp3) is 0.267. The molecule has 0 aliphatic carbocycles. The second-order valence-electron chi connectivity index (χ2n) is 4.09. The predicted octanol–water partition coefficient (Wildman–Crippen LogP) is 3.32. The Balaban J connectivity index is 1.98. The predicted molar refractivity (Wildman–Crippen MR) is 69.2 cm³/mol. The Morgan fingerprint density at radius 1 is 1.12 bits per heavy atom. The molecule has 2 rings (SSSR count). The average Bonchev–Trinajstić information content (AvgIpc) is 2.85. The van der Waals surface area contributed by atoms with Gasteiger partial charge in [-0.25, -0.2) is 0 Å². The Labute approximate surface area is 102 Å². The van der Waals surface area contributed by atoms with Crippen LogP contribution in [0.5, 0.6) is 0 Å².